The van der Waals surface area contributed by atoms with Crippen molar-refractivity contribution in [3.8, 4) is 0 Å². The van der Waals surface area contributed by atoms with Crippen molar-refractivity contribution in [2.75, 3.05) is 11.5 Å². The van der Waals surface area contributed by atoms with E-state index >= 15 is 0 Å². The van der Waals surface area contributed by atoms with E-state index in [9.17, 15) is 8.42 Å². The van der Waals surface area contributed by atoms with Gasteiger partial charge in [0.25, 0.3) is 0 Å². The van der Waals surface area contributed by atoms with Gasteiger partial charge in [0.05, 0.1) is 5.75 Å². The third-order valence-electron chi connectivity index (χ3n) is 2.96. The molecule has 0 radical (unpaired) electrons. The van der Waals surface area contributed by atoms with Crippen LogP contribution in [0.5, 0.6) is 0 Å². The molecule has 0 aliphatic rings. The maximum atomic E-state index is 11.5. The van der Waals surface area contributed by atoms with Crippen molar-refractivity contribution >= 4 is 9.84 Å². The number of hydrogen-bond acceptors (Lipinski definition) is 3. The lowest BCUT2D eigenvalue weighted by molar-refractivity contribution is 0.576. The molecule has 102 valence electrons. The molecule has 1 atom stereocenters. The molecule has 0 aliphatic heterocycles. The molecule has 0 amide bonds. The molecule has 1 aromatic carbocycles. The molecule has 4 heteroatoms. The first-order valence-corrected chi connectivity index (χ1v) is 8.38. The van der Waals surface area contributed by atoms with E-state index in [2.05, 4.69) is 0 Å². The standard InChI is InChI=1S/C14H23NO2S/c1-2-11-18(16,17)12-7-6-10-14(15)13-8-4-3-5-9-13/h3-5,8-9,14H,2,6-7,10-12,15H2,1H3. The summed E-state index contributed by atoms with van der Waals surface area (Å²) in [6, 6.07) is 9.95. The molecule has 18 heavy (non-hydrogen) atoms. The maximum absolute atomic E-state index is 11.5. The molecule has 0 saturated heterocycles. The zero-order valence-electron chi connectivity index (χ0n) is 11.0. The van der Waals surface area contributed by atoms with Gasteiger partial charge in [0.1, 0.15) is 9.84 Å². The van der Waals surface area contributed by atoms with E-state index in [0.717, 1.165) is 18.4 Å². The van der Waals surface area contributed by atoms with Gasteiger partial charge in [-0.3, -0.25) is 0 Å². The molecule has 0 spiro atoms. The van der Waals surface area contributed by atoms with Gasteiger partial charge >= 0.3 is 0 Å². The Morgan fingerprint density at radius 2 is 1.78 bits per heavy atom. The van der Waals surface area contributed by atoms with Crippen LogP contribution in [-0.4, -0.2) is 19.9 Å². The number of benzene rings is 1. The Kier molecular flexibility index (Phi) is 6.36. The summed E-state index contributed by atoms with van der Waals surface area (Å²) in [7, 11) is -2.84. The first-order valence-electron chi connectivity index (χ1n) is 6.56. The molecule has 2 N–H and O–H groups in total. The van der Waals surface area contributed by atoms with Crippen LogP contribution in [-0.2, 0) is 9.84 Å². The molecule has 0 saturated carbocycles. The van der Waals surface area contributed by atoms with Crippen molar-refractivity contribution in [3.63, 3.8) is 0 Å². The number of rotatable bonds is 8. The van der Waals surface area contributed by atoms with E-state index < -0.39 is 9.84 Å². The second-order valence-electron chi connectivity index (χ2n) is 4.66. The lowest BCUT2D eigenvalue weighted by Crippen LogP contribution is -2.13. The molecule has 0 aliphatic carbocycles. The zero-order valence-corrected chi connectivity index (χ0v) is 11.8. The molecule has 3 nitrogen and oxygen atoms in total. The van der Waals surface area contributed by atoms with E-state index in [4.69, 9.17) is 5.73 Å². The first kappa shape index (κ1) is 15.2. The fraction of sp³-hybridized carbons (Fsp3) is 0.571. The summed E-state index contributed by atoms with van der Waals surface area (Å²) in [6.45, 7) is 1.89. The van der Waals surface area contributed by atoms with Crippen LogP contribution in [0.15, 0.2) is 30.3 Å². The summed E-state index contributed by atoms with van der Waals surface area (Å²) >= 11 is 0. The predicted molar refractivity (Wildman–Crippen MR) is 76.2 cm³/mol. The highest BCUT2D eigenvalue weighted by molar-refractivity contribution is 7.91. The average molecular weight is 269 g/mol. The lowest BCUT2D eigenvalue weighted by Gasteiger charge is -2.11. The lowest BCUT2D eigenvalue weighted by atomic mass is 10.0. The quantitative estimate of drug-likeness (QED) is 0.738. The molecule has 0 bridgehead atoms. The van der Waals surface area contributed by atoms with Crippen molar-refractivity contribution < 1.29 is 8.42 Å². The van der Waals surface area contributed by atoms with Crippen LogP contribution >= 0.6 is 0 Å². The van der Waals surface area contributed by atoms with E-state index in [1.54, 1.807) is 0 Å². The Hall–Kier alpha value is -0.870. The number of hydrogen-bond donors (Lipinski definition) is 1. The average Bonchev–Trinajstić information content (AvgIpc) is 2.35. The van der Waals surface area contributed by atoms with Gasteiger partial charge < -0.3 is 5.73 Å². The maximum Gasteiger partial charge on any atom is 0.150 e. The van der Waals surface area contributed by atoms with Gasteiger partial charge in [-0.15, -0.1) is 0 Å². The van der Waals surface area contributed by atoms with Gasteiger partial charge in [0.2, 0.25) is 0 Å². The van der Waals surface area contributed by atoms with Crippen LogP contribution in [0.4, 0.5) is 0 Å². The van der Waals surface area contributed by atoms with Crippen molar-refractivity contribution in [1.82, 2.24) is 0 Å². The van der Waals surface area contributed by atoms with Gasteiger partial charge in [-0.1, -0.05) is 43.7 Å². The molecule has 1 unspecified atom stereocenters. The largest absolute Gasteiger partial charge is 0.324 e. The Bertz CT molecular complexity index is 428. The van der Waals surface area contributed by atoms with Crippen molar-refractivity contribution in [1.29, 1.82) is 0 Å². The summed E-state index contributed by atoms with van der Waals surface area (Å²) in [6.07, 6.45) is 3.11. The fourth-order valence-electron chi connectivity index (χ4n) is 1.97. The number of nitrogens with two attached hydrogens (primary N) is 1. The fourth-order valence-corrected chi connectivity index (χ4v) is 3.44. The van der Waals surface area contributed by atoms with Crippen LogP contribution in [0.25, 0.3) is 0 Å². The van der Waals surface area contributed by atoms with E-state index in [1.165, 1.54) is 0 Å². The van der Waals surface area contributed by atoms with Crippen LogP contribution in [0.1, 0.15) is 44.2 Å². The van der Waals surface area contributed by atoms with E-state index in [-0.39, 0.29) is 6.04 Å². The second kappa shape index (κ2) is 7.54. The van der Waals surface area contributed by atoms with Crippen LogP contribution in [0.3, 0.4) is 0 Å². The summed E-state index contributed by atoms with van der Waals surface area (Å²) in [4.78, 5) is 0. The molecule has 0 fully saturated rings. The topological polar surface area (TPSA) is 60.2 Å². The Morgan fingerprint density at radius 1 is 1.11 bits per heavy atom. The predicted octanol–water partition coefficient (Wildman–Crippen LogP) is 2.68. The van der Waals surface area contributed by atoms with Crippen molar-refractivity contribution in [2.24, 2.45) is 5.73 Å². The SMILES string of the molecule is CCCS(=O)(=O)CCCCC(N)c1ccccc1. The highest BCUT2D eigenvalue weighted by atomic mass is 32.2. The third-order valence-corrected chi connectivity index (χ3v) is 4.90. The minimum Gasteiger partial charge on any atom is -0.324 e. The first-order chi connectivity index (χ1) is 8.55. The van der Waals surface area contributed by atoms with Gasteiger partial charge in [0.15, 0.2) is 0 Å². The Labute approximate surface area is 110 Å². The highest BCUT2D eigenvalue weighted by Crippen LogP contribution is 2.16. The van der Waals surface area contributed by atoms with Gasteiger partial charge in [-0.25, -0.2) is 8.42 Å². The van der Waals surface area contributed by atoms with Crippen LogP contribution in [0, 0.1) is 0 Å². The second-order valence-corrected chi connectivity index (χ2v) is 6.97. The monoisotopic (exact) mass is 269 g/mol. The normalized spacial score (nSPS) is 13.4. The summed E-state index contributed by atoms with van der Waals surface area (Å²) in [5, 5.41) is 0. The smallest absolute Gasteiger partial charge is 0.150 e. The minimum absolute atomic E-state index is 0.0140. The number of unbranched alkanes of at least 4 members (excludes halogenated alkanes) is 1. The summed E-state index contributed by atoms with van der Waals surface area (Å²) in [5.41, 5.74) is 7.17. The summed E-state index contributed by atoms with van der Waals surface area (Å²) < 4.78 is 23.0. The minimum atomic E-state index is -2.84. The molecular formula is C14H23NO2S. The van der Waals surface area contributed by atoms with Crippen LogP contribution in [0.2, 0.25) is 0 Å². The van der Waals surface area contributed by atoms with Gasteiger partial charge in [-0.2, -0.15) is 0 Å². The number of sulfone groups is 1. The Balaban J connectivity index is 2.27. The highest BCUT2D eigenvalue weighted by Gasteiger charge is 2.10. The van der Waals surface area contributed by atoms with Crippen molar-refractivity contribution in [3.05, 3.63) is 35.9 Å². The van der Waals surface area contributed by atoms with Crippen LogP contribution < -0.4 is 5.73 Å². The van der Waals surface area contributed by atoms with Gasteiger partial charge in [-0.05, 0) is 24.8 Å². The van der Waals surface area contributed by atoms with E-state index in [0.29, 0.717) is 24.3 Å². The van der Waals surface area contributed by atoms with E-state index in [1.807, 2.05) is 37.3 Å². The van der Waals surface area contributed by atoms with Gasteiger partial charge in [0, 0.05) is 11.8 Å². The molecule has 0 aromatic heterocycles. The zero-order chi connectivity index (χ0) is 13.4. The molecular weight excluding hydrogens is 246 g/mol. The van der Waals surface area contributed by atoms with Crippen molar-refractivity contribution in [2.45, 2.75) is 38.6 Å². The third kappa shape index (κ3) is 5.65. The molecule has 0 heterocycles. The molecule has 1 aromatic rings. The summed E-state index contributed by atoms with van der Waals surface area (Å²) in [5.74, 6) is 0.597. The Morgan fingerprint density at radius 3 is 2.39 bits per heavy atom. The molecule has 1 rings (SSSR count).